The normalized spacial score (nSPS) is 12.6. The van der Waals surface area contributed by atoms with Crippen molar-refractivity contribution in [3.8, 4) is 0 Å². The number of hydrogen-bond donors (Lipinski definition) is 2. The molecule has 0 spiro atoms. The minimum Gasteiger partial charge on any atom is -0.480 e. The third-order valence-corrected chi connectivity index (χ3v) is 4.57. The summed E-state index contributed by atoms with van der Waals surface area (Å²) in [6.45, 7) is 1.96. The number of aryl methyl sites for hydroxylation is 1. The monoisotopic (exact) mass is 310 g/mol. The standard InChI is InChI=1S/C14H15ClN2O2S/c1-8-9-4-2-3-5-11(9)17-12(13(8)15)7-20-6-10(16)14(18)19/h2-5,10H,6-7,16H2,1H3,(H,18,19)/t10-/m1/s1. The van der Waals surface area contributed by atoms with Gasteiger partial charge in [-0.05, 0) is 18.6 Å². The quantitative estimate of drug-likeness (QED) is 0.888. The SMILES string of the molecule is Cc1c(Cl)c(CSC[C@@H](N)C(=O)O)nc2ccccc12. The van der Waals surface area contributed by atoms with Crippen LogP contribution in [0.4, 0.5) is 0 Å². The van der Waals surface area contributed by atoms with Gasteiger partial charge in [0.25, 0.3) is 0 Å². The van der Waals surface area contributed by atoms with Crippen LogP contribution in [0, 0.1) is 6.92 Å². The topological polar surface area (TPSA) is 76.2 Å². The van der Waals surface area contributed by atoms with Crippen molar-refractivity contribution in [2.75, 3.05) is 5.75 Å². The van der Waals surface area contributed by atoms with Crippen molar-refractivity contribution in [2.45, 2.75) is 18.7 Å². The highest BCUT2D eigenvalue weighted by molar-refractivity contribution is 7.98. The third kappa shape index (κ3) is 3.23. The molecule has 1 heterocycles. The number of nitrogens with zero attached hydrogens (tertiary/aromatic N) is 1. The molecule has 1 aromatic carbocycles. The molecule has 0 saturated carbocycles. The summed E-state index contributed by atoms with van der Waals surface area (Å²) in [6, 6.07) is 6.95. The molecule has 1 atom stereocenters. The molecule has 0 aliphatic rings. The van der Waals surface area contributed by atoms with Crippen molar-refractivity contribution in [1.82, 2.24) is 4.98 Å². The van der Waals surface area contributed by atoms with Gasteiger partial charge in [0.1, 0.15) is 6.04 Å². The van der Waals surface area contributed by atoms with Crippen molar-refractivity contribution in [2.24, 2.45) is 5.73 Å². The highest BCUT2D eigenvalue weighted by Gasteiger charge is 2.13. The number of para-hydroxylation sites is 1. The number of aliphatic carboxylic acids is 1. The van der Waals surface area contributed by atoms with Crippen molar-refractivity contribution in [3.05, 3.63) is 40.5 Å². The Morgan fingerprint density at radius 2 is 2.20 bits per heavy atom. The fraction of sp³-hybridized carbons (Fsp3) is 0.286. The van der Waals surface area contributed by atoms with E-state index in [1.165, 1.54) is 11.8 Å². The summed E-state index contributed by atoms with van der Waals surface area (Å²) >= 11 is 7.75. The second-order valence-electron chi connectivity index (χ2n) is 4.47. The molecule has 0 radical (unpaired) electrons. The average Bonchev–Trinajstić information content (AvgIpc) is 2.44. The fourth-order valence-corrected chi connectivity index (χ4v) is 3.07. The second-order valence-corrected chi connectivity index (χ2v) is 5.88. The molecular formula is C14H15ClN2O2S. The number of rotatable bonds is 5. The van der Waals surface area contributed by atoms with Gasteiger partial charge in [0.15, 0.2) is 0 Å². The van der Waals surface area contributed by atoms with E-state index in [1.54, 1.807) is 0 Å². The summed E-state index contributed by atoms with van der Waals surface area (Å²) in [5.74, 6) is -0.115. The maximum atomic E-state index is 10.7. The molecule has 20 heavy (non-hydrogen) atoms. The lowest BCUT2D eigenvalue weighted by Crippen LogP contribution is -2.32. The van der Waals surface area contributed by atoms with E-state index >= 15 is 0 Å². The molecule has 3 N–H and O–H groups in total. The first-order valence-corrected chi connectivity index (χ1v) is 7.64. The lowest BCUT2D eigenvalue weighted by atomic mass is 10.1. The molecule has 0 saturated heterocycles. The van der Waals surface area contributed by atoms with E-state index in [0.29, 0.717) is 16.5 Å². The summed E-state index contributed by atoms with van der Waals surface area (Å²) in [6.07, 6.45) is 0. The van der Waals surface area contributed by atoms with Crippen molar-refractivity contribution in [1.29, 1.82) is 0 Å². The zero-order chi connectivity index (χ0) is 14.7. The summed E-state index contributed by atoms with van der Waals surface area (Å²) in [5.41, 5.74) is 8.13. The van der Waals surface area contributed by atoms with Crippen LogP contribution in [0.1, 0.15) is 11.3 Å². The zero-order valence-corrected chi connectivity index (χ0v) is 12.5. The van der Waals surface area contributed by atoms with Gasteiger partial charge in [-0.3, -0.25) is 9.78 Å². The lowest BCUT2D eigenvalue weighted by molar-refractivity contribution is -0.137. The van der Waals surface area contributed by atoms with Gasteiger partial charge in [-0.25, -0.2) is 0 Å². The molecular weight excluding hydrogens is 296 g/mol. The molecule has 0 amide bonds. The summed E-state index contributed by atoms with van der Waals surface area (Å²) in [7, 11) is 0. The number of fused-ring (bicyclic) bond motifs is 1. The van der Waals surface area contributed by atoms with Crippen LogP contribution in [-0.2, 0) is 10.5 Å². The van der Waals surface area contributed by atoms with Gasteiger partial charge in [-0.2, -0.15) is 11.8 Å². The van der Waals surface area contributed by atoms with Crippen LogP contribution < -0.4 is 5.73 Å². The summed E-state index contributed by atoms with van der Waals surface area (Å²) < 4.78 is 0. The van der Waals surface area contributed by atoms with Crippen LogP contribution in [0.3, 0.4) is 0 Å². The number of carbonyl (C=O) groups is 1. The van der Waals surface area contributed by atoms with Crippen LogP contribution in [0.2, 0.25) is 5.02 Å². The van der Waals surface area contributed by atoms with Gasteiger partial charge in [-0.15, -0.1) is 0 Å². The Labute approximate surface area is 126 Å². The highest BCUT2D eigenvalue weighted by Crippen LogP contribution is 2.29. The van der Waals surface area contributed by atoms with Crippen molar-refractivity contribution in [3.63, 3.8) is 0 Å². The first-order chi connectivity index (χ1) is 9.50. The average molecular weight is 311 g/mol. The molecule has 1 aromatic heterocycles. The predicted molar refractivity (Wildman–Crippen MR) is 83.3 cm³/mol. The second kappa shape index (κ2) is 6.43. The van der Waals surface area contributed by atoms with Gasteiger partial charge in [0, 0.05) is 16.9 Å². The Hall–Kier alpha value is -1.30. The number of carboxylic acid groups (broad SMARTS) is 1. The van der Waals surface area contributed by atoms with Crippen LogP contribution >= 0.6 is 23.4 Å². The molecule has 0 unspecified atom stereocenters. The number of aromatic nitrogens is 1. The first-order valence-electron chi connectivity index (χ1n) is 6.10. The molecule has 0 aliphatic carbocycles. The smallest absolute Gasteiger partial charge is 0.321 e. The Bertz CT molecular complexity index is 648. The van der Waals surface area contributed by atoms with E-state index < -0.39 is 12.0 Å². The van der Waals surface area contributed by atoms with Gasteiger partial charge in [-0.1, -0.05) is 29.8 Å². The van der Waals surface area contributed by atoms with E-state index in [0.717, 1.165) is 22.2 Å². The lowest BCUT2D eigenvalue weighted by Gasteiger charge is -2.10. The number of hydrogen-bond acceptors (Lipinski definition) is 4. The Morgan fingerprint density at radius 1 is 1.50 bits per heavy atom. The number of nitrogens with two attached hydrogens (primary N) is 1. The number of benzene rings is 1. The fourth-order valence-electron chi connectivity index (χ4n) is 1.87. The number of thioether (sulfide) groups is 1. The van der Waals surface area contributed by atoms with E-state index in [-0.39, 0.29) is 0 Å². The summed E-state index contributed by atoms with van der Waals surface area (Å²) in [5, 5.41) is 10.4. The Balaban J connectivity index is 2.18. The van der Waals surface area contributed by atoms with Gasteiger partial charge < -0.3 is 10.8 Å². The molecule has 4 nitrogen and oxygen atoms in total. The van der Waals surface area contributed by atoms with Crippen molar-refractivity contribution < 1.29 is 9.90 Å². The number of carboxylic acids is 1. The minimum atomic E-state index is -0.994. The van der Waals surface area contributed by atoms with Crippen LogP contribution in [0.25, 0.3) is 10.9 Å². The third-order valence-electron chi connectivity index (χ3n) is 3.00. The maximum Gasteiger partial charge on any atom is 0.321 e. The van der Waals surface area contributed by atoms with Gasteiger partial charge in [0.2, 0.25) is 0 Å². The van der Waals surface area contributed by atoms with Gasteiger partial charge in [0.05, 0.1) is 16.2 Å². The molecule has 6 heteroatoms. The van der Waals surface area contributed by atoms with Crippen LogP contribution in [-0.4, -0.2) is 27.9 Å². The van der Waals surface area contributed by atoms with E-state index in [1.807, 2.05) is 31.2 Å². The molecule has 106 valence electrons. The van der Waals surface area contributed by atoms with E-state index in [4.69, 9.17) is 22.4 Å². The molecule has 0 bridgehead atoms. The Morgan fingerprint density at radius 3 is 2.90 bits per heavy atom. The molecule has 2 rings (SSSR count). The molecule has 0 aliphatic heterocycles. The zero-order valence-electron chi connectivity index (χ0n) is 11.0. The number of halogens is 1. The largest absolute Gasteiger partial charge is 0.480 e. The minimum absolute atomic E-state index is 0.333. The van der Waals surface area contributed by atoms with E-state index in [9.17, 15) is 4.79 Å². The van der Waals surface area contributed by atoms with E-state index in [2.05, 4.69) is 4.98 Å². The Kier molecular flexibility index (Phi) is 4.86. The first kappa shape index (κ1) is 15.1. The maximum absolute atomic E-state index is 10.7. The number of pyridine rings is 1. The van der Waals surface area contributed by atoms with Gasteiger partial charge >= 0.3 is 5.97 Å². The molecule has 2 aromatic rings. The van der Waals surface area contributed by atoms with Crippen LogP contribution in [0.15, 0.2) is 24.3 Å². The van der Waals surface area contributed by atoms with Crippen LogP contribution in [0.5, 0.6) is 0 Å². The highest BCUT2D eigenvalue weighted by atomic mass is 35.5. The predicted octanol–water partition coefficient (Wildman–Crippen LogP) is 2.84. The molecule has 0 fully saturated rings. The summed E-state index contributed by atoms with van der Waals surface area (Å²) in [4.78, 5) is 15.2. The van der Waals surface area contributed by atoms with Crippen molar-refractivity contribution >= 4 is 40.2 Å².